The summed E-state index contributed by atoms with van der Waals surface area (Å²) in [6.07, 6.45) is 4.35. The van der Waals surface area contributed by atoms with Crippen LogP contribution in [0.5, 0.6) is 5.75 Å². The minimum atomic E-state index is -0.212. The first-order valence-electron chi connectivity index (χ1n) is 19.3. The number of hydrogen-bond acceptors (Lipinski definition) is 5. The van der Waals surface area contributed by atoms with Gasteiger partial charge in [-0.1, -0.05) is 121 Å². The molecule has 0 amide bonds. The van der Waals surface area contributed by atoms with Crippen LogP contribution in [0.15, 0.2) is 180 Å². The average Bonchev–Trinajstić information content (AvgIpc) is 3.96. The maximum Gasteiger partial charge on any atom is 0.164 e. The van der Waals surface area contributed by atoms with E-state index in [1.807, 2.05) is 42.5 Å². The predicted octanol–water partition coefficient (Wildman–Crippen LogP) is 12.6. The second-order valence-corrected chi connectivity index (χ2v) is 14.7. The van der Waals surface area contributed by atoms with Gasteiger partial charge in [0.2, 0.25) is 0 Å². The van der Waals surface area contributed by atoms with E-state index in [9.17, 15) is 0 Å². The van der Waals surface area contributed by atoms with E-state index in [0.29, 0.717) is 17.5 Å². The molecule has 0 N–H and O–H groups in total. The van der Waals surface area contributed by atoms with Crippen LogP contribution in [-0.4, -0.2) is 19.5 Å². The third-order valence-electron chi connectivity index (χ3n) is 11.4. The van der Waals surface area contributed by atoms with Crippen molar-refractivity contribution in [3.63, 3.8) is 0 Å². The van der Waals surface area contributed by atoms with Gasteiger partial charge >= 0.3 is 0 Å². The molecule has 6 nitrogen and oxygen atoms in total. The van der Waals surface area contributed by atoms with Crippen molar-refractivity contribution in [2.24, 2.45) is 0 Å². The summed E-state index contributed by atoms with van der Waals surface area (Å²) in [6.45, 7) is 0. The number of ether oxygens (including phenoxy) is 1. The van der Waals surface area contributed by atoms with Crippen LogP contribution < -0.4 is 4.74 Å². The van der Waals surface area contributed by atoms with E-state index in [2.05, 4.69) is 144 Å². The van der Waals surface area contributed by atoms with E-state index in [0.717, 1.165) is 78.0 Å². The van der Waals surface area contributed by atoms with Gasteiger partial charge in [-0.25, -0.2) is 15.0 Å². The highest BCUT2D eigenvalue weighted by molar-refractivity contribution is 6.06. The molecule has 1 aliphatic carbocycles. The summed E-state index contributed by atoms with van der Waals surface area (Å²) in [5.41, 5.74) is 12.3. The predicted molar refractivity (Wildman–Crippen MR) is 227 cm³/mol. The lowest BCUT2D eigenvalue weighted by molar-refractivity contribution is 0.224. The molecule has 4 heterocycles. The monoisotopic (exact) mass is 732 g/mol. The van der Waals surface area contributed by atoms with E-state index in [4.69, 9.17) is 24.1 Å². The second-order valence-electron chi connectivity index (χ2n) is 14.7. The Hall–Kier alpha value is -7.57. The fraction of sp³-hybridized carbons (Fsp3) is 0.0392. The third-order valence-corrected chi connectivity index (χ3v) is 11.4. The number of nitrogens with zero attached hydrogens (tertiary/aromatic N) is 4. The molecule has 10 aromatic rings. The van der Waals surface area contributed by atoms with Crippen molar-refractivity contribution in [3.05, 3.63) is 193 Å². The molecular weight excluding hydrogens is 701 g/mol. The summed E-state index contributed by atoms with van der Waals surface area (Å²) < 4.78 is 15.5. The van der Waals surface area contributed by atoms with Crippen molar-refractivity contribution in [3.8, 4) is 56.7 Å². The first-order valence-corrected chi connectivity index (χ1v) is 19.3. The quantitative estimate of drug-likeness (QED) is 0.176. The summed E-state index contributed by atoms with van der Waals surface area (Å²) in [6, 6.07) is 58.6. The maximum atomic E-state index is 6.99. The molecule has 2 unspecified atom stereocenters. The molecule has 2 aliphatic rings. The van der Waals surface area contributed by atoms with Crippen LogP contribution >= 0.6 is 0 Å². The highest BCUT2D eigenvalue weighted by Crippen LogP contribution is 2.55. The van der Waals surface area contributed by atoms with Crippen molar-refractivity contribution in [1.82, 2.24) is 19.5 Å². The van der Waals surface area contributed by atoms with Crippen LogP contribution in [0.25, 0.3) is 89.9 Å². The van der Waals surface area contributed by atoms with Gasteiger partial charge in [-0.3, -0.25) is 0 Å². The maximum absolute atomic E-state index is 6.99. The Morgan fingerprint density at radius 1 is 0.474 bits per heavy atom. The van der Waals surface area contributed by atoms with E-state index < -0.39 is 0 Å². The molecule has 0 saturated carbocycles. The van der Waals surface area contributed by atoms with Crippen LogP contribution in [0.2, 0.25) is 0 Å². The minimum absolute atomic E-state index is 0.0440. The Morgan fingerprint density at radius 2 is 1.14 bits per heavy atom. The molecule has 0 spiro atoms. The first kappa shape index (κ1) is 31.7. The molecular formula is C51H32N4O2. The van der Waals surface area contributed by atoms with Gasteiger partial charge in [0.15, 0.2) is 17.5 Å². The van der Waals surface area contributed by atoms with Crippen LogP contribution in [0.4, 0.5) is 0 Å². The van der Waals surface area contributed by atoms with E-state index in [1.54, 1.807) is 0 Å². The number of hydrogen-bond donors (Lipinski definition) is 0. The van der Waals surface area contributed by atoms with Crippen molar-refractivity contribution in [2.75, 3.05) is 0 Å². The molecule has 0 saturated heterocycles. The van der Waals surface area contributed by atoms with Gasteiger partial charge in [0.05, 0.1) is 11.2 Å². The number of rotatable bonds is 5. The molecule has 0 bridgehead atoms. The lowest BCUT2D eigenvalue weighted by Gasteiger charge is -2.22. The molecule has 7 aromatic carbocycles. The third kappa shape index (κ3) is 5.00. The fourth-order valence-electron chi connectivity index (χ4n) is 8.87. The summed E-state index contributed by atoms with van der Waals surface area (Å²) in [4.78, 5) is 15.7. The van der Waals surface area contributed by atoms with Crippen LogP contribution in [0.3, 0.4) is 0 Å². The van der Waals surface area contributed by atoms with Gasteiger partial charge in [-0.2, -0.15) is 0 Å². The normalized spacial score (nSPS) is 15.4. The van der Waals surface area contributed by atoms with Gasteiger partial charge < -0.3 is 13.7 Å². The fourth-order valence-corrected chi connectivity index (χ4v) is 8.87. The lowest BCUT2D eigenvalue weighted by Crippen LogP contribution is -2.14. The molecule has 0 radical (unpaired) electrons. The Balaban J connectivity index is 1.04. The summed E-state index contributed by atoms with van der Waals surface area (Å²) in [5.74, 6) is 2.59. The standard InChI is InChI=1S/C51H32N4O2/c1-3-13-31(14-4-1)32-15-11-16-33(29-32)49-52-50(34-25-28-44-40(30-34)36-19-8-10-23-43(36)56-44)54-51(53-49)39-21-12-24-45-46(39)38-26-27-42-47(48(38)57-45)37-20-7-9-22-41(37)55(42)35-17-5-2-6-18-35/h1-30,38,48H. The molecule has 12 rings (SSSR count). The van der Waals surface area contributed by atoms with Gasteiger partial charge in [0.1, 0.15) is 23.0 Å². The van der Waals surface area contributed by atoms with Crippen LogP contribution in [-0.2, 0) is 0 Å². The van der Waals surface area contributed by atoms with Crippen molar-refractivity contribution >= 4 is 38.9 Å². The molecule has 6 heteroatoms. The average molecular weight is 733 g/mol. The van der Waals surface area contributed by atoms with Crippen LogP contribution in [0.1, 0.15) is 28.8 Å². The molecule has 2 atom stereocenters. The minimum Gasteiger partial charge on any atom is -0.484 e. The first-order chi connectivity index (χ1) is 28.2. The zero-order valence-corrected chi connectivity index (χ0v) is 30.6. The van der Waals surface area contributed by atoms with Crippen molar-refractivity contribution in [2.45, 2.75) is 12.0 Å². The molecule has 1 aliphatic heterocycles. The molecule has 0 fully saturated rings. The zero-order valence-electron chi connectivity index (χ0n) is 30.6. The Morgan fingerprint density at radius 3 is 2.00 bits per heavy atom. The van der Waals surface area contributed by atoms with E-state index in [-0.39, 0.29) is 12.0 Å². The second kappa shape index (κ2) is 12.5. The van der Waals surface area contributed by atoms with Gasteiger partial charge in [0.25, 0.3) is 0 Å². The van der Waals surface area contributed by atoms with Gasteiger partial charge in [0, 0.05) is 55.6 Å². The molecule has 57 heavy (non-hydrogen) atoms. The highest BCUT2D eigenvalue weighted by Gasteiger charge is 2.42. The Bertz CT molecular complexity index is 3240. The number of para-hydroxylation sites is 3. The molecule has 3 aromatic heterocycles. The van der Waals surface area contributed by atoms with Crippen LogP contribution in [0, 0.1) is 0 Å². The largest absolute Gasteiger partial charge is 0.484 e. The molecule has 268 valence electrons. The Kier molecular flexibility index (Phi) is 6.95. The SMILES string of the molecule is C1=CC2c3c(cccc3-c3nc(-c4cccc(-c5ccccc5)c4)nc(-c4ccc5oc6ccccc6c5c4)n3)OC2c2c1n(-c1ccccc1)c1ccccc21. The summed E-state index contributed by atoms with van der Waals surface area (Å²) in [5, 5.41) is 3.27. The van der Waals surface area contributed by atoms with E-state index in [1.165, 1.54) is 10.9 Å². The summed E-state index contributed by atoms with van der Waals surface area (Å²) in [7, 11) is 0. The Labute approximate surface area is 328 Å². The van der Waals surface area contributed by atoms with Gasteiger partial charge in [-0.15, -0.1) is 0 Å². The number of fused-ring (bicyclic) bond motifs is 10. The smallest absolute Gasteiger partial charge is 0.164 e. The topological polar surface area (TPSA) is 66.0 Å². The zero-order chi connectivity index (χ0) is 37.5. The van der Waals surface area contributed by atoms with E-state index >= 15 is 0 Å². The summed E-state index contributed by atoms with van der Waals surface area (Å²) >= 11 is 0. The van der Waals surface area contributed by atoms with Gasteiger partial charge in [-0.05, 0) is 71.8 Å². The number of aromatic nitrogens is 4. The van der Waals surface area contributed by atoms with Crippen molar-refractivity contribution in [1.29, 1.82) is 0 Å². The van der Waals surface area contributed by atoms with Crippen molar-refractivity contribution < 1.29 is 9.15 Å². The lowest BCUT2D eigenvalue weighted by atomic mass is 9.83. The highest BCUT2D eigenvalue weighted by atomic mass is 16.5. The number of furan rings is 1. The number of benzene rings is 7.